The van der Waals surface area contributed by atoms with Crippen LogP contribution in [0.2, 0.25) is 0 Å². The van der Waals surface area contributed by atoms with E-state index in [9.17, 15) is 4.79 Å². The molecule has 1 N–H and O–H groups in total. The van der Waals surface area contributed by atoms with E-state index < -0.39 is 5.97 Å². The molecule has 0 spiro atoms. The Bertz CT molecular complexity index is 376. The summed E-state index contributed by atoms with van der Waals surface area (Å²) >= 11 is 0. The molecule has 1 aromatic rings. The molecular weight excluding hydrogens is 212 g/mol. The zero-order chi connectivity index (χ0) is 12.1. The van der Waals surface area contributed by atoms with Crippen LogP contribution in [0, 0.1) is 5.92 Å². The van der Waals surface area contributed by atoms with Crippen molar-refractivity contribution < 1.29 is 9.90 Å². The van der Waals surface area contributed by atoms with E-state index >= 15 is 0 Å². The van der Waals surface area contributed by atoms with Crippen LogP contribution < -0.4 is 0 Å². The van der Waals surface area contributed by atoms with E-state index in [4.69, 9.17) is 5.11 Å². The Morgan fingerprint density at radius 2 is 1.76 bits per heavy atom. The minimum absolute atomic E-state index is 0.483. The molecule has 1 fully saturated rings. The maximum Gasteiger partial charge on any atom is 0.335 e. The van der Waals surface area contributed by atoms with E-state index in [2.05, 4.69) is 0 Å². The molecule has 1 aromatic carbocycles. The molecule has 0 atom stereocenters. The van der Waals surface area contributed by atoms with Gasteiger partial charge in [0, 0.05) is 0 Å². The molecule has 2 nitrogen and oxygen atoms in total. The number of benzene rings is 1. The lowest BCUT2D eigenvalue weighted by molar-refractivity contribution is 0.0695. The Balaban J connectivity index is 2.09. The highest BCUT2D eigenvalue weighted by molar-refractivity contribution is 5.89. The fourth-order valence-corrected chi connectivity index (χ4v) is 2.79. The number of carbonyl (C=O) groups is 1. The standard InChI is InChI=1S/C15H20O2/c16-15(17)14-10-6-5-9-13(14)11-12-7-3-1-2-4-8-12/h5-6,9-10,12H,1-4,7-8,11H2,(H,16,17). The SMILES string of the molecule is O=C(O)c1ccccc1CC1CCCCCC1. The average Bonchev–Trinajstić information content (AvgIpc) is 2.58. The van der Waals surface area contributed by atoms with Crippen molar-refractivity contribution in [3.05, 3.63) is 35.4 Å². The van der Waals surface area contributed by atoms with Crippen LogP contribution in [0.5, 0.6) is 0 Å². The summed E-state index contributed by atoms with van der Waals surface area (Å²) in [5, 5.41) is 9.15. The molecule has 0 radical (unpaired) electrons. The quantitative estimate of drug-likeness (QED) is 0.802. The average molecular weight is 232 g/mol. The second kappa shape index (κ2) is 5.85. The molecule has 0 amide bonds. The second-order valence-corrected chi connectivity index (χ2v) is 5.02. The fourth-order valence-electron chi connectivity index (χ4n) is 2.79. The molecule has 1 aliphatic rings. The van der Waals surface area contributed by atoms with E-state index in [0.29, 0.717) is 11.5 Å². The van der Waals surface area contributed by atoms with Gasteiger partial charge in [0.15, 0.2) is 0 Å². The van der Waals surface area contributed by atoms with Crippen LogP contribution in [0.3, 0.4) is 0 Å². The number of carboxylic acid groups (broad SMARTS) is 1. The lowest BCUT2D eigenvalue weighted by Crippen LogP contribution is -2.08. The maximum atomic E-state index is 11.1. The molecule has 0 saturated heterocycles. The highest BCUT2D eigenvalue weighted by Crippen LogP contribution is 2.27. The van der Waals surface area contributed by atoms with Crippen LogP contribution in [0.25, 0.3) is 0 Å². The number of hydrogen-bond acceptors (Lipinski definition) is 1. The van der Waals surface area contributed by atoms with Crippen molar-refractivity contribution in [3.63, 3.8) is 0 Å². The van der Waals surface area contributed by atoms with E-state index in [1.165, 1.54) is 38.5 Å². The molecule has 0 bridgehead atoms. The number of rotatable bonds is 3. The first-order chi connectivity index (χ1) is 8.27. The summed E-state index contributed by atoms with van der Waals surface area (Å²) in [5.41, 5.74) is 1.49. The van der Waals surface area contributed by atoms with Crippen molar-refractivity contribution in [1.29, 1.82) is 0 Å². The zero-order valence-electron chi connectivity index (χ0n) is 10.2. The molecule has 0 aliphatic heterocycles. The normalized spacial score (nSPS) is 17.6. The summed E-state index contributed by atoms with van der Waals surface area (Å²) in [4.78, 5) is 11.1. The Morgan fingerprint density at radius 1 is 1.12 bits per heavy atom. The first kappa shape index (κ1) is 12.2. The summed E-state index contributed by atoms with van der Waals surface area (Å²) in [6.45, 7) is 0. The largest absolute Gasteiger partial charge is 0.478 e. The van der Waals surface area contributed by atoms with Gasteiger partial charge in [-0.05, 0) is 24.0 Å². The van der Waals surface area contributed by atoms with Crippen molar-refractivity contribution in [1.82, 2.24) is 0 Å². The third kappa shape index (κ3) is 3.32. The van der Waals surface area contributed by atoms with Gasteiger partial charge in [-0.15, -0.1) is 0 Å². The van der Waals surface area contributed by atoms with Gasteiger partial charge in [0.05, 0.1) is 5.56 Å². The third-order valence-electron chi connectivity index (χ3n) is 3.73. The molecule has 0 unspecified atom stereocenters. The van der Waals surface area contributed by atoms with Gasteiger partial charge in [-0.2, -0.15) is 0 Å². The summed E-state index contributed by atoms with van der Waals surface area (Å²) in [6, 6.07) is 7.43. The maximum absolute atomic E-state index is 11.1. The van der Waals surface area contributed by atoms with Gasteiger partial charge in [0.2, 0.25) is 0 Å². The molecule has 1 aliphatic carbocycles. The number of aromatic carboxylic acids is 1. The van der Waals surface area contributed by atoms with Crippen molar-refractivity contribution in [2.24, 2.45) is 5.92 Å². The highest BCUT2D eigenvalue weighted by Gasteiger charge is 2.16. The van der Waals surface area contributed by atoms with Crippen LogP contribution in [-0.2, 0) is 6.42 Å². The first-order valence-corrected chi connectivity index (χ1v) is 6.58. The minimum Gasteiger partial charge on any atom is -0.478 e. The topological polar surface area (TPSA) is 37.3 Å². The molecule has 2 rings (SSSR count). The summed E-state index contributed by atoms with van der Waals surface area (Å²) in [7, 11) is 0. The van der Waals surface area contributed by atoms with Gasteiger partial charge in [0.1, 0.15) is 0 Å². The molecule has 0 heterocycles. The lowest BCUT2D eigenvalue weighted by Gasteiger charge is -2.15. The van der Waals surface area contributed by atoms with Gasteiger partial charge >= 0.3 is 5.97 Å². The highest BCUT2D eigenvalue weighted by atomic mass is 16.4. The van der Waals surface area contributed by atoms with Gasteiger partial charge in [-0.25, -0.2) is 4.79 Å². The minimum atomic E-state index is -0.797. The molecular formula is C15H20O2. The van der Waals surface area contributed by atoms with Gasteiger partial charge in [0.25, 0.3) is 0 Å². The van der Waals surface area contributed by atoms with E-state index in [1.54, 1.807) is 12.1 Å². The van der Waals surface area contributed by atoms with E-state index in [-0.39, 0.29) is 0 Å². The van der Waals surface area contributed by atoms with Crippen LogP contribution >= 0.6 is 0 Å². The van der Waals surface area contributed by atoms with Crippen LogP contribution in [0.1, 0.15) is 54.4 Å². The van der Waals surface area contributed by atoms with Crippen LogP contribution in [-0.4, -0.2) is 11.1 Å². The van der Waals surface area contributed by atoms with Gasteiger partial charge in [-0.3, -0.25) is 0 Å². The Labute approximate surface area is 103 Å². The molecule has 92 valence electrons. The predicted molar refractivity (Wildman–Crippen MR) is 68.3 cm³/mol. The molecule has 17 heavy (non-hydrogen) atoms. The molecule has 1 saturated carbocycles. The van der Waals surface area contributed by atoms with Gasteiger partial charge in [-0.1, -0.05) is 56.7 Å². The monoisotopic (exact) mass is 232 g/mol. The lowest BCUT2D eigenvalue weighted by atomic mass is 9.90. The van der Waals surface area contributed by atoms with Crippen molar-refractivity contribution >= 4 is 5.97 Å². The van der Waals surface area contributed by atoms with Gasteiger partial charge < -0.3 is 5.11 Å². The first-order valence-electron chi connectivity index (χ1n) is 6.58. The Kier molecular flexibility index (Phi) is 4.18. The third-order valence-corrected chi connectivity index (χ3v) is 3.73. The van der Waals surface area contributed by atoms with Crippen molar-refractivity contribution in [2.75, 3.05) is 0 Å². The molecule has 0 aromatic heterocycles. The van der Waals surface area contributed by atoms with Crippen LogP contribution in [0.15, 0.2) is 24.3 Å². The van der Waals surface area contributed by atoms with Crippen molar-refractivity contribution in [3.8, 4) is 0 Å². The number of hydrogen-bond donors (Lipinski definition) is 1. The van der Waals surface area contributed by atoms with Crippen LogP contribution in [0.4, 0.5) is 0 Å². The molecule has 2 heteroatoms. The predicted octanol–water partition coefficient (Wildman–Crippen LogP) is 3.90. The summed E-state index contributed by atoms with van der Waals surface area (Å²) in [5.74, 6) is -0.118. The summed E-state index contributed by atoms with van der Waals surface area (Å²) in [6.07, 6.45) is 8.75. The zero-order valence-corrected chi connectivity index (χ0v) is 10.2. The summed E-state index contributed by atoms with van der Waals surface area (Å²) < 4.78 is 0. The second-order valence-electron chi connectivity index (χ2n) is 5.02. The smallest absolute Gasteiger partial charge is 0.335 e. The van der Waals surface area contributed by atoms with Crippen molar-refractivity contribution in [2.45, 2.75) is 44.9 Å². The Morgan fingerprint density at radius 3 is 2.41 bits per heavy atom. The van der Waals surface area contributed by atoms with E-state index in [1.807, 2.05) is 12.1 Å². The Hall–Kier alpha value is -1.31. The fraction of sp³-hybridized carbons (Fsp3) is 0.533. The number of carboxylic acids is 1. The van der Waals surface area contributed by atoms with E-state index in [0.717, 1.165) is 12.0 Å².